The third kappa shape index (κ3) is 6.54. The van der Waals surface area contributed by atoms with Crippen LogP contribution < -0.4 is 0 Å². The van der Waals surface area contributed by atoms with Crippen molar-refractivity contribution in [3.8, 4) is 0 Å². The molecule has 1 heterocycles. The third-order valence-electron chi connectivity index (χ3n) is 3.40. The maximum absolute atomic E-state index is 12.2. The molecule has 148 valence electrons. The summed E-state index contributed by atoms with van der Waals surface area (Å²) in [6, 6.07) is 3.57. The Morgan fingerprint density at radius 3 is 2.33 bits per heavy atom. The summed E-state index contributed by atoms with van der Waals surface area (Å²) in [6.45, 7) is 8.74. The van der Waals surface area contributed by atoms with Gasteiger partial charge in [0.05, 0.1) is 27.6 Å². The van der Waals surface area contributed by atoms with Gasteiger partial charge in [0.2, 0.25) is 0 Å². The highest BCUT2D eigenvalue weighted by molar-refractivity contribution is 6.42. The summed E-state index contributed by atoms with van der Waals surface area (Å²) in [7, 11) is 1.70. The minimum Gasteiger partial charge on any atom is -0.444 e. The van der Waals surface area contributed by atoms with Crippen LogP contribution in [0.2, 0.25) is 10.0 Å². The smallest absolute Gasteiger partial charge is 0.410 e. The van der Waals surface area contributed by atoms with E-state index in [2.05, 4.69) is 16.5 Å². The summed E-state index contributed by atoms with van der Waals surface area (Å²) in [4.78, 5) is 34.6. The van der Waals surface area contributed by atoms with Crippen molar-refractivity contribution < 1.29 is 19.1 Å². The molecule has 9 heteroatoms. The number of benzene rings is 1. The number of amides is 1. The number of carbonyl (C=O) groups is 1. The zero-order chi connectivity index (χ0) is 20.8. The lowest BCUT2D eigenvalue weighted by molar-refractivity contribution is -0.191. The summed E-state index contributed by atoms with van der Waals surface area (Å²) < 4.78 is 7.46. The number of rotatable bonds is 4. The van der Waals surface area contributed by atoms with E-state index >= 15 is 0 Å². The molecule has 0 radical (unpaired) electrons. The Morgan fingerprint density at radius 2 is 1.81 bits per heavy atom. The highest BCUT2D eigenvalue weighted by Gasteiger charge is 2.22. The van der Waals surface area contributed by atoms with E-state index in [9.17, 15) is 4.79 Å². The summed E-state index contributed by atoms with van der Waals surface area (Å²) >= 11 is 12.2. The lowest BCUT2D eigenvalue weighted by Gasteiger charge is -2.24. The number of imidazole rings is 1. The lowest BCUT2D eigenvalue weighted by Crippen LogP contribution is -2.34. The van der Waals surface area contributed by atoms with Gasteiger partial charge in [-0.15, -0.1) is 0 Å². The van der Waals surface area contributed by atoms with Gasteiger partial charge in [-0.1, -0.05) is 30.1 Å². The van der Waals surface area contributed by atoms with Crippen molar-refractivity contribution >= 4 is 46.5 Å². The third-order valence-corrected chi connectivity index (χ3v) is 4.12. The van der Waals surface area contributed by atoms with Gasteiger partial charge in [-0.3, -0.25) is 0 Å². The standard InChI is InChI=1S/C17H23Cl2N3O2.CO2/c1-6-7-22-14-9-12(19)11(18)8-13(14)20-15(22)10-21(5)16(23)24-17(2,3)4;2-1-3/h8-9H,6-7,10H2,1-5H3;. The molecule has 0 aliphatic heterocycles. The SMILES string of the molecule is CCCn1c(CN(C)C(=O)OC(C)(C)C)nc2cc(Cl)c(Cl)cc21.O=C=O. The van der Waals surface area contributed by atoms with Crippen LogP contribution in [0.1, 0.15) is 39.9 Å². The highest BCUT2D eigenvalue weighted by Crippen LogP contribution is 2.29. The van der Waals surface area contributed by atoms with E-state index in [-0.39, 0.29) is 12.2 Å². The van der Waals surface area contributed by atoms with Gasteiger partial charge in [0.1, 0.15) is 11.4 Å². The fourth-order valence-electron chi connectivity index (χ4n) is 2.38. The molecule has 7 nitrogen and oxygen atoms in total. The fourth-order valence-corrected chi connectivity index (χ4v) is 2.70. The Morgan fingerprint density at radius 1 is 1.26 bits per heavy atom. The molecule has 0 N–H and O–H groups in total. The molecule has 1 aromatic carbocycles. The largest absolute Gasteiger partial charge is 0.444 e. The van der Waals surface area contributed by atoms with Gasteiger partial charge in [-0.05, 0) is 39.3 Å². The van der Waals surface area contributed by atoms with E-state index in [1.807, 2.05) is 26.8 Å². The Bertz CT molecular complexity index is 837. The minimum absolute atomic E-state index is 0.250. The summed E-state index contributed by atoms with van der Waals surface area (Å²) in [5.41, 5.74) is 1.15. The molecule has 0 saturated carbocycles. The number of halogens is 2. The van der Waals surface area contributed by atoms with Gasteiger partial charge in [0, 0.05) is 13.6 Å². The number of nitrogens with zero attached hydrogens (tertiary/aromatic N) is 3. The second-order valence-corrected chi connectivity index (χ2v) is 7.67. The van der Waals surface area contributed by atoms with Crippen LogP contribution in [0.3, 0.4) is 0 Å². The molecule has 0 spiro atoms. The summed E-state index contributed by atoms with van der Waals surface area (Å²) in [5.74, 6) is 0.776. The topological polar surface area (TPSA) is 81.5 Å². The molecule has 0 aliphatic carbocycles. The molecular formula is C18H23Cl2N3O4. The number of hydrogen-bond acceptors (Lipinski definition) is 5. The van der Waals surface area contributed by atoms with Crippen LogP contribution in [0, 0.1) is 0 Å². The molecule has 2 aromatic rings. The predicted octanol–water partition coefficient (Wildman–Crippen LogP) is 4.54. The first-order valence-electron chi connectivity index (χ1n) is 8.31. The molecule has 27 heavy (non-hydrogen) atoms. The molecule has 1 aromatic heterocycles. The molecule has 0 fully saturated rings. The number of aromatic nitrogens is 2. The number of aryl methyl sites for hydroxylation is 1. The number of ether oxygens (including phenoxy) is 1. The van der Waals surface area contributed by atoms with Crippen molar-refractivity contribution in [3.63, 3.8) is 0 Å². The van der Waals surface area contributed by atoms with Gasteiger partial charge < -0.3 is 14.2 Å². The van der Waals surface area contributed by atoms with Gasteiger partial charge >= 0.3 is 12.2 Å². The average molecular weight is 416 g/mol. The van der Waals surface area contributed by atoms with Crippen LogP contribution >= 0.6 is 23.2 Å². The first-order chi connectivity index (χ1) is 12.5. The molecule has 1 amide bonds. The van der Waals surface area contributed by atoms with E-state index < -0.39 is 5.60 Å². The van der Waals surface area contributed by atoms with Crippen molar-refractivity contribution in [1.29, 1.82) is 0 Å². The van der Waals surface area contributed by atoms with Gasteiger partial charge in [-0.2, -0.15) is 9.59 Å². The first kappa shape index (κ1) is 23.0. The van der Waals surface area contributed by atoms with Gasteiger partial charge in [-0.25, -0.2) is 9.78 Å². The molecule has 0 unspecified atom stereocenters. The van der Waals surface area contributed by atoms with E-state index in [0.717, 1.165) is 29.8 Å². The predicted molar refractivity (Wildman–Crippen MR) is 103 cm³/mol. The van der Waals surface area contributed by atoms with E-state index in [0.29, 0.717) is 16.6 Å². The van der Waals surface area contributed by atoms with Crippen molar-refractivity contribution in [3.05, 3.63) is 28.0 Å². The van der Waals surface area contributed by atoms with Crippen molar-refractivity contribution in [2.75, 3.05) is 7.05 Å². The van der Waals surface area contributed by atoms with Crippen molar-refractivity contribution in [2.24, 2.45) is 0 Å². The van der Waals surface area contributed by atoms with Gasteiger partial charge in [0.25, 0.3) is 0 Å². The van der Waals surface area contributed by atoms with Gasteiger partial charge in [0.15, 0.2) is 0 Å². The number of fused-ring (bicyclic) bond motifs is 1. The van der Waals surface area contributed by atoms with Crippen LogP contribution in [0.15, 0.2) is 12.1 Å². The minimum atomic E-state index is -0.532. The Balaban J connectivity index is 0.00000114. The fraction of sp³-hybridized carbons (Fsp3) is 0.500. The normalized spacial score (nSPS) is 10.8. The van der Waals surface area contributed by atoms with Crippen LogP contribution in [0.5, 0.6) is 0 Å². The monoisotopic (exact) mass is 415 g/mol. The van der Waals surface area contributed by atoms with Crippen LogP contribution in [-0.2, 0) is 27.4 Å². The first-order valence-corrected chi connectivity index (χ1v) is 9.07. The Hall–Kier alpha value is -2.08. The highest BCUT2D eigenvalue weighted by atomic mass is 35.5. The Kier molecular flexibility index (Phi) is 8.28. The van der Waals surface area contributed by atoms with E-state index in [1.165, 1.54) is 4.90 Å². The molecular weight excluding hydrogens is 393 g/mol. The molecule has 0 aliphatic rings. The van der Waals surface area contributed by atoms with E-state index in [1.54, 1.807) is 13.1 Å². The van der Waals surface area contributed by atoms with Crippen LogP contribution in [0.25, 0.3) is 11.0 Å². The zero-order valence-electron chi connectivity index (χ0n) is 16.0. The lowest BCUT2D eigenvalue weighted by atomic mass is 10.2. The maximum Gasteiger partial charge on any atom is 0.410 e. The quantitative estimate of drug-likeness (QED) is 0.731. The summed E-state index contributed by atoms with van der Waals surface area (Å²) in [6.07, 6.45) is 0.808. The molecule has 0 saturated heterocycles. The average Bonchev–Trinajstić information content (AvgIpc) is 2.84. The molecule has 2 rings (SSSR count). The Labute approximate surface area is 168 Å². The molecule has 0 atom stereocenters. The second kappa shape index (κ2) is 9.74. The zero-order valence-corrected chi connectivity index (χ0v) is 17.5. The summed E-state index contributed by atoms with van der Waals surface area (Å²) in [5, 5.41) is 0.964. The van der Waals surface area contributed by atoms with Crippen LogP contribution in [0.4, 0.5) is 4.79 Å². The number of carbonyl (C=O) groups excluding carboxylic acids is 3. The number of hydrogen-bond donors (Lipinski definition) is 0. The maximum atomic E-state index is 12.2. The van der Waals surface area contributed by atoms with Crippen LogP contribution in [-0.4, -0.2) is 39.3 Å². The van der Waals surface area contributed by atoms with Crippen molar-refractivity contribution in [1.82, 2.24) is 14.5 Å². The van der Waals surface area contributed by atoms with Crippen molar-refractivity contribution in [2.45, 2.75) is 52.8 Å². The second-order valence-electron chi connectivity index (χ2n) is 6.85. The molecule has 0 bridgehead atoms. The van der Waals surface area contributed by atoms with E-state index in [4.69, 9.17) is 37.5 Å².